The maximum atomic E-state index is 3.71. The van der Waals surface area contributed by atoms with Gasteiger partial charge in [0.15, 0.2) is 0 Å². The Labute approximate surface area is 188 Å². The molecule has 2 aromatic rings. The zero-order valence-corrected chi connectivity index (χ0v) is 21.5. The van der Waals surface area contributed by atoms with Gasteiger partial charge in [-0.3, -0.25) is 0 Å². The van der Waals surface area contributed by atoms with Crippen LogP contribution < -0.4 is 0 Å². The van der Waals surface area contributed by atoms with Crippen LogP contribution in [0.5, 0.6) is 0 Å². The van der Waals surface area contributed by atoms with Crippen LogP contribution in [0.4, 0.5) is 0 Å². The monoisotopic (exact) mass is 479 g/mol. The van der Waals surface area contributed by atoms with Gasteiger partial charge in [0.2, 0.25) is 0 Å². The van der Waals surface area contributed by atoms with Crippen LogP contribution in [-0.4, -0.2) is 6.88 Å². The third-order valence-corrected chi connectivity index (χ3v) is 4.64. The molecule has 0 radical (unpaired) electrons. The fraction of sp³-hybridized carbons (Fsp3) is 0.182. The number of rotatable bonds is 1. The summed E-state index contributed by atoms with van der Waals surface area (Å²) >= 11 is 1.58. The van der Waals surface area contributed by atoms with Gasteiger partial charge in [-0.1, -0.05) is 61.4 Å². The summed E-state index contributed by atoms with van der Waals surface area (Å²) in [7, 11) is 0. The quantitative estimate of drug-likeness (QED) is 0.302. The topological polar surface area (TPSA) is 0 Å². The molecule has 0 aliphatic heterocycles. The molecule has 140 valence electrons. The average molecular weight is 482 g/mol. The number of hydrogen-bond donors (Lipinski definition) is 0. The summed E-state index contributed by atoms with van der Waals surface area (Å²) in [6.45, 7) is 6.45. The van der Waals surface area contributed by atoms with Crippen molar-refractivity contribution < 1.29 is 23.3 Å². The van der Waals surface area contributed by atoms with E-state index in [4.69, 9.17) is 0 Å². The Hall–Kier alpha value is -0.400. The van der Waals surface area contributed by atoms with E-state index in [2.05, 4.69) is 62.4 Å². The van der Waals surface area contributed by atoms with Crippen molar-refractivity contribution in [3.63, 3.8) is 0 Å². The van der Waals surface area contributed by atoms with E-state index in [1.807, 2.05) is 6.88 Å². The van der Waals surface area contributed by atoms with Crippen molar-refractivity contribution in [3.8, 4) is 11.1 Å². The molecule has 0 unspecified atom stereocenters. The van der Waals surface area contributed by atoms with E-state index in [1.165, 1.54) is 44.5 Å². The zero-order chi connectivity index (χ0) is 15.7. The van der Waals surface area contributed by atoms with Crippen molar-refractivity contribution in [2.75, 3.05) is 0 Å². The Bertz CT molecular complexity index is 810. The van der Waals surface area contributed by atoms with Crippen LogP contribution in [0.2, 0.25) is 0 Å². The summed E-state index contributed by atoms with van der Waals surface area (Å²) in [5.74, 6) is 0. The summed E-state index contributed by atoms with van der Waals surface area (Å²) in [5.41, 5.74) is 11.2. The molecule has 2 aliphatic carbocycles. The van der Waals surface area contributed by atoms with E-state index in [0.29, 0.717) is 0 Å². The van der Waals surface area contributed by atoms with Gasteiger partial charge in [0.25, 0.3) is 0 Å². The van der Waals surface area contributed by atoms with Crippen molar-refractivity contribution in [1.29, 1.82) is 0 Å². The third-order valence-electron chi connectivity index (χ3n) is 4.64. The SMILES string of the molecule is Cc1c(C2=CC=CC2)[c-]c2c(c1C)-c1ccccc1C2.Cl.Cl.[CH3-].[CH3-].[SiH2]=[Zr]. The number of hydrogen-bond acceptors (Lipinski definition) is 0. The molecule has 4 heteroatoms. The minimum atomic E-state index is 0. The van der Waals surface area contributed by atoms with Crippen LogP contribution in [0.3, 0.4) is 0 Å². The van der Waals surface area contributed by atoms with Crippen LogP contribution in [-0.2, 0) is 29.8 Å². The van der Waals surface area contributed by atoms with Crippen molar-refractivity contribution in [1.82, 2.24) is 0 Å². The first-order chi connectivity index (χ1) is 10.8. The predicted octanol–water partition coefficient (Wildman–Crippen LogP) is 5.84. The Morgan fingerprint density at radius 1 is 1.00 bits per heavy atom. The zero-order valence-electron chi connectivity index (χ0n) is 16.0. The number of allylic oxidation sites excluding steroid dienone is 4. The van der Waals surface area contributed by atoms with Crippen molar-refractivity contribution in [2.24, 2.45) is 0 Å². The van der Waals surface area contributed by atoms with Crippen LogP contribution in [0, 0.1) is 34.8 Å². The molecule has 0 N–H and O–H groups in total. The fourth-order valence-electron chi connectivity index (χ4n) is 3.47. The Morgan fingerprint density at radius 2 is 1.65 bits per heavy atom. The molecule has 0 heterocycles. The van der Waals surface area contributed by atoms with Gasteiger partial charge in [0.05, 0.1) is 0 Å². The second-order valence-corrected chi connectivity index (χ2v) is 5.76. The van der Waals surface area contributed by atoms with Gasteiger partial charge in [0, 0.05) is 0 Å². The number of halogens is 2. The maximum absolute atomic E-state index is 3.71. The van der Waals surface area contributed by atoms with Gasteiger partial charge in [0.1, 0.15) is 0 Å². The van der Waals surface area contributed by atoms with Crippen LogP contribution in [0.25, 0.3) is 16.7 Å². The summed E-state index contributed by atoms with van der Waals surface area (Å²) in [5, 5.41) is 0. The summed E-state index contributed by atoms with van der Waals surface area (Å²) in [4.78, 5) is 0. The molecule has 2 aliphatic rings. The number of fused-ring (bicyclic) bond motifs is 3. The first-order valence-corrected chi connectivity index (χ1v) is 13.5. The predicted molar refractivity (Wildman–Crippen MR) is 121 cm³/mol. The second kappa shape index (κ2) is 12.1. The molecule has 0 spiro atoms. The van der Waals surface area contributed by atoms with Crippen molar-refractivity contribution >= 4 is 37.3 Å². The fourth-order valence-corrected chi connectivity index (χ4v) is 3.47. The third kappa shape index (κ3) is 4.90. The van der Waals surface area contributed by atoms with Gasteiger partial charge < -0.3 is 14.9 Å². The summed E-state index contributed by atoms with van der Waals surface area (Å²) in [6.07, 6.45) is 8.68. The van der Waals surface area contributed by atoms with Gasteiger partial charge in [-0.05, 0) is 18.4 Å². The molecule has 0 saturated heterocycles. The molecule has 0 aromatic heterocycles. The van der Waals surface area contributed by atoms with E-state index in [0.717, 1.165) is 12.8 Å². The Morgan fingerprint density at radius 3 is 2.27 bits per heavy atom. The first kappa shape index (κ1) is 27.8. The van der Waals surface area contributed by atoms with Crippen LogP contribution >= 0.6 is 24.8 Å². The summed E-state index contributed by atoms with van der Waals surface area (Å²) in [6, 6.07) is 12.5. The average Bonchev–Trinajstić information content (AvgIpc) is 3.19. The van der Waals surface area contributed by atoms with Crippen LogP contribution in [0.15, 0.2) is 42.5 Å². The van der Waals surface area contributed by atoms with Gasteiger partial charge in [-0.15, -0.1) is 64.8 Å². The minimum absolute atomic E-state index is 0. The van der Waals surface area contributed by atoms with Crippen LogP contribution in [0.1, 0.15) is 34.2 Å². The molecule has 4 rings (SSSR count). The molecule has 0 nitrogen and oxygen atoms in total. The van der Waals surface area contributed by atoms with E-state index >= 15 is 0 Å². The van der Waals surface area contributed by atoms with E-state index in [9.17, 15) is 0 Å². The molecule has 0 fully saturated rings. The molecule has 26 heavy (non-hydrogen) atoms. The Balaban J connectivity index is 0. The van der Waals surface area contributed by atoms with E-state index in [-0.39, 0.29) is 39.7 Å². The van der Waals surface area contributed by atoms with E-state index in [1.54, 1.807) is 23.3 Å². The van der Waals surface area contributed by atoms with Gasteiger partial charge in [-0.2, -0.15) is 0 Å². The van der Waals surface area contributed by atoms with Crippen molar-refractivity contribution in [3.05, 3.63) is 91.2 Å². The molecule has 0 atom stereocenters. The number of benzene rings is 2. The molecule has 2 aromatic carbocycles. The van der Waals surface area contributed by atoms with Gasteiger partial charge in [-0.25, -0.2) is 0 Å². The molecular weight excluding hydrogens is 454 g/mol. The van der Waals surface area contributed by atoms with Crippen molar-refractivity contribution in [2.45, 2.75) is 26.7 Å². The molecule has 0 bridgehead atoms. The first-order valence-electron chi connectivity index (χ1n) is 7.61. The Kier molecular flexibility index (Phi) is 13.0. The summed E-state index contributed by atoms with van der Waals surface area (Å²) < 4.78 is 0. The molecule has 0 amide bonds. The second-order valence-electron chi connectivity index (χ2n) is 5.76. The van der Waals surface area contributed by atoms with Gasteiger partial charge >= 0.3 is 30.2 Å². The standard InChI is InChI=1S/C20H17.2CH3.2ClH.H2Si.Zr/c1-13-14(2)20-17(11-16-9-5-6-10-18(16)20)12-19(13)15-7-3-4-8-15;;;;;;/h3-7,9-10H,8,11H2,1-2H3;2*1H3;2*1H;1H2;/q3*-1;;;;. The molecule has 0 saturated carbocycles. The molecular formula is C22H27Cl2SiZr-3. The normalized spacial score (nSPS) is 11.8. The van der Waals surface area contributed by atoms with E-state index < -0.39 is 0 Å².